The molecule has 0 bridgehead atoms. The molecule has 1 aromatic carbocycles. The first-order valence-electron chi connectivity index (χ1n) is 4.73. The van der Waals surface area contributed by atoms with Crippen LogP contribution in [0.15, 0.2) is 24.3 Å². The number of aliphatic hydroxyl groups is 1. The van der Waals surface area contributed by atoms with Crippen molar-refractivity contribution in [1.29, 1.82) is 0 Å². The highest BCUT2D eigenvalue weighted by Gasteiger charge is 1.92. The fourth-order valence-electron chi connectivity index (χ4n) is 1.17. The first-order chi connectivity index (χ1) is 7.22. The van der Waals surface area contributed by atoms with E-state index in [1.807, 2.05) is 24.3 Å². The van der Waals surface area contributed by atoms with Crippen molar-refractivity contribution >= 4 is 5.91 Å². The van der Waals surface area contributed by atoms with Crippen LogP contribution in [0.5, 0.6) is 0 Å². The molecule has 1 aromatic rings. The van der Waals surface area contributed by atoms with Gasteiger partial charge in [-0.1, -0.05) is 18.1 Å². The molecule has 0 spiro atoms. The highest BCUT2D eigenvalue weighted by atomic mass is 16.2. The van der Waals surface area contributed by atoms with Crippen LogP contribution in [0.4, 0.5) is 0 Å². The third-order valence-electron chi connectivity index (χ3n) is 1.91. The predicted molar refractivity (Wildman–Crippen MR) is 57.9 cm³/mol. The van der Waals surface area contributed by atoms with Crippen molar-refractivity contribution in [3.8, 4) is 11.8 Å². The molecule has 3 heteroatoms. The molecule has 0 radical (unpaired) electrons. The molecule has 0 aliphatic carbocycles. The van der Waals surface area contributed by atoms with Gasteiger partial charge < -0.3 is 10.8 Å². The van der Waals surface area contributed by atoms with Gasteiger partial charge in [0.25, 0.3) is 5.91 Å². The molecule has 0 heterocycles. The predicted octanol–water partition coefficient (Wildman–Crippen LogP) is 0.448. The van der Waals surface area contributed by atoms with E-state index in [2.05, 4.69) is 11.8 Å². The van der Waals surface area contributed by atoms with Crippen LogP contribution in [0.25, 0.3) is 0 Å². The summed E-state index contributed by atoms with van der Waals surface area (Å²) in [6, 6.07) is 7.53. The first kappa shape index (κ1) is 11.3. The number of aliphatic hydroxyl groups excluding tert-OH is 1. The lowest BCUT2D eigenvalue weighted by molar-refractivity contribution is -0.112. The van der Waals surface area contributed by atoms with Crippen LogP contribution < -0.4 is 5.73 Å². The topological polar surface area (TPSA) is 63.3 Å². The van der Waals surface area contributed by atoms with Gasteiger partial charge in [-0.3, -0.25) is 4.79 Å². The molecule has 0 unspecified atom stereocenters. The van der Waals surface area contributed by atoms with E-state index in [0.717, 1.165) is 24.0 Å². The number of amides is 1. The number of benzene rings is 1. The Balaban J connectivity index is 2.65. The largest absolute Gasteiger partial charge is 0.396 e. The van der Waals surface area contributed by atoms with Crippen molar-refractivity contribution in [2.45, 2.75) is 12.8 Å². The molecule has 3 nitrogen and oxygen atoms in total. The Morgan fingerprint density at radius 2 is 2.00 bits per heavy atom. The Hall–Kier alpha value is -1.79. The minimum Gasteiger partial charge on any atom is -0.396 e. The molecule has 1 amide bonds. The number of rotatable bonds is 3. The van der Waals surface area contributed by atoms with E-state index in [-0.39, 0.29) is 6.61 Å². The first-order valence-corrected chi connectivity index (χ1v) is 4.73. The summed E-state index contributed by atoms with van der Waals surface area (Å²) in [7, 11) is 0. The summed E-state index contributed by atoms with van der Waals surface area (Å²) in [6.45, 7) is 0.198. The fraction of sp³-hybridized carbons (Fsp3) is 0.250. The normalized spacial score (nSPS) is 9.13. The zero-order valence-electron chi connectivity index (χ0n) is 8.36. The third kappa shape index (κ3) is 4.30. The van der Waals surface area contributed by atoms with Crippen molar-refractivity contribution in [2.24, 2.45) is 5.73 Å². The van der Waals surface area contributed by atoms with Crippen molar-refractivity contribution in [3.05, 3.63) is 35.4 Å². The summed E-state index contributed by atoms with van der Waals surface area (Å²) >= 11 is 0. The number of carbonyl (C=O) groups is 1. The summed E-state index contributed by atoms with van der Waals surface area (Å²) in [6.07, 6.45) is 1.60. The molecule has 0 aliphatic rings. The molecular weight excluding hydrogens is 190 g/mol. The van der Waals surface area contributed by atoms with Gasteiger partial charge in [0, 0.05) is 12.2 Å². The summed E-state index contributed by atoms with van der Waals surface area (Å²) in [4.78, 5) is 10.4. The second kappa shape index (κ2) is 5.84. The summed E-state index contributed by atoms with van der Waals surface area (Å²) in [5.41, 5.74) is 6.81. The lowest BCUT2D eigenvalue weighted by Crippen LogP contribution is -2.06. The van der Waals surface area contributed by atoms with Crippen molar-refractivity contribution in [1.82, 2.24) is 0 Å². The van der Waals surface area contributed by atoms with Gasteiger partial charge in [0.1, 0.15) is 0 Å². The molecule has 15 heavy (non-hydrogen) atoms. The van der Waals surface area contributed by atoms with E-state index in [1.54, 1.807) is 0 Å². The molecule has 3 N–H and O–H groups in total. The van der Waals surface area contributed by atoms with Crippen LogP contribution in [-0.2, 0) is 11.2 Å². The average Bonchev–Trinajstić information content (AvgIpc) is 2.25. The van der Waals surface area contributed by atoms with Crippen molar-refractivity contribution < 1.29 is 9.90 Å². The molecular formula is C12H13NO2. The Morgan fingerprint density at radius 3 is 2.53 bits per heavy atom. The van der Waals surface area contributed by atoms with E-state index < -0.39 is 5.91 Å². The minimum absolute atomic E-state index is 0.198. The molecule has 0 aromatic heterocycles. The van der Waals surface area contributed by atoms with E-state index in [0.29, 0.717) is 0 Å². The van der Waals surface area contributed by atoms with Crippen LogP contribution in [0, 0.1) is 11.8 Å². The van der Waals surface area contributed by atoms with Crippen LogP contribution in [0.3, 0.4) is 0 Å². The maximum absolute atomic E-state index is 10.4. The monoisotopic (exact) mass is 203 g/mol. The number of hydrogen-bond acceptors (Lipinski definition) is 2. The molecule has 1 rings (SSSR count). The summed E-state index contributed by atoms with van der Waals surface area (Å²) in [5, 5.41) is 8.65. The number of hydrogen-bond donors (Lipinski definition) is 2. The van der Waals surface area contributed by atoms with Crippen molar-refractivity contribution in [3.63, 3.8) is 0 Å². The van der Waals surface area contributed by atoms with Crippen LogP contribution in [0.2, 0.25) is 0 Å². The van der Waals surface area contributed by atoms with Crippen molar-refractivity contribution in [2.75, 3.05) is 6.61 Å². The number of carbonyl (C=O) groups excluding carboxylic acids is 1. The Morgan fingerprint density at radius 1 is 1.33 bits per heavy atom. The standard InChI is InChI=1S/C12H13NO2/c13-12(15)8-7-11-5-3-10(4-6-11)2-1-9-14/h3-6,14H,1-2,9H2,(H2,13,15). The van der Waals surface area contributed by atoms with Gasteiger partial charge in [-0.15, -0.1) is 0 Å². The Kier molecular flexibility index (Phi) is 4.39. The molecule has 0 saturated heterocycles. The van der Waals surface area contributed by atoms with Gasteiger partial charge in [0.05, 0.1) is 0 Å². The van der Waals surface area contributed by atoms with Gasteiger partial charge in [0.2, 0.25) is 0 Å². The Bertz CT molecular complexity index is 384. The number of primary amides is 1. The SMILES string of the molecule is NC(=O)C#Cc1ccc(CCCO)cc1. The zero-order valence-corrected chi connectivity index (χ0v) is 8.36. The maximum Gasteiger partial charge on any atom is 0.293 e. The van der Waals surface area contributed by atoms with Gasteiger partial charge in [-0.2, -0.15) is 0 Å². The average molecular weight is 203 g/mol. The van der Waals surface area contributed by atoms with Crippen LogP contribution in [0.1, 0.15) is 17.5 Å². The van der Waals surface area contributed by atoms with Crippen LogP contribution >= 0.6 is 0 Å². The summed E-state index contributed by atoms with van der Waals surface area (Å²) in [5.74, 6) is 4.30. The van der Waals surface area contributed by atoms with Gasteiger partial charge in [0.15, 0.2) is 0 Å². The van der Waals surface area contributed by atoms with Crippen LogP contribution in [-0.4, -0.2) is 17.6 Å². The van der Waals surface area contributed by atoms with E-state index in [9.17, 15) is 4.79 Å². The van der Waals surface area contributed by atoms with E-state index in [1.165, 1.54) is 0 Å². The Labute approximate surface area is 88.9 Å². The second-order valence-corrected chi connectivity index (χ2v) is 3.14. The van der Waals surface area contributed by atoms with Gasteiger partial charge in [-0.05, 0) is 36.5 Å². The quantitative estimate of drug-likeness (QED) is 0.700. The maximum atomic E-state index is 10.4. The van der Waals surface area contributed by atoms with Gasteiger partial charge in [-0.25, -0.2) is 0 Å². The number of aryl methyl sites for hydroxylation is 1. The van der Waals surface area contributed by atoms with E-state index in [4.69, 9.17) is 10.8 Å². The molecule has 78 valence electrons. The molecule has 0 fully saturated rings. The number of nitrogens with two attached hydrogens (primary N) is 1. The summed E-state index contributed by atoms with van der Waals surface area (Å²) < 4.78 is 0. The minimum atomic E-state index is -0.626. The lowest BCUT2D eigenvalue weighted by Gasteiger charge is -1.98. The molecule has 0 saturated carbocycles. The highest BCUT2D eigenvalue weighted by Crippen LogP contribution is 2.05. The lowest BCUT2D eigenvalue weighted by atomic mass is 10.1. The molecule has 0 aliphatic heterocycles. The zero-order chi connectivity index (χ0) is 11.1. The fourth-order valence-corrected chi connectivity index (χ4v) is 1.17. The van der Waals surface area contributed by atoms with E-state index >= 15 is 0 Å². The highest BCUT2D eigenvalue weighted by molar-refractivity contribution is 5.92. The molecule has 0 atom stereocenters. The second-order valence-electron chi connectivity index (χ2n) is 3.14. The smallest absolute Gasteiger partial charge is 0.293 e. The third-order valence-corrected chi connectivity index (χ3v) is 1.91. The van der Waals surface area contributed by atoms with Gasteiger partial charge >= 0.3 is 0 Å².